The molecule has 9 aromatic carbocycles. The predicted octanol–water partition coefficient (Wildman–Crippen LogP) is 17.4. The van der Waals surface area contributed by atoms with Gasteiger partial charge in [0.25, 0.3) is 0 Å². The van der Waals surface area contributed by atoms with Gasteiger partial charge in [0.15, 0.2) is 11.4 Å². The van der Waals surface area contributed by atoms with Crippen molar-refractivity contribution < 1.29 is 14.4 Å². The molecule has 0 aliphatic carbocycles. The summed E-state index contributed by atoms with van der Waals surface area (Å²) in [6.45, 7) is 0. The van der Waals surface area contributed by atoms with E-state index < -0.39 is 11.6 Å². The summed E-state index contributed by atoms with van der Waals surface area (Å²) in [6, 6.07) is 72.8. The minimum Gasteiger partial charge on any atom is -0.394 e. The molecule has 20 heteroatoms. The van der Waals surface area contributed by atoms with E-state index in [2.05, 4.69) is 15.3 Å². The fraction of sp³-hybridized carbons (Fsp3) is 0.0145. The summed E-state index contributed by atoms with van der Waals surface area (Å²) < 4.78 is 5.10. The maximum atomic E-state index is 11.9. The third-order valence-corrected chi connectivity index (χ3v) is 14.5. The highest BCUT2D eigenvalue weighted by Gasteiger charge is 2.19. The average molecular weight is 1290 g/mol. The summed E-state index contributed by atoms with van der Waals surface area (Å²) in [5.41, 5.74) is 27.3. The third-order valence-electron chi connectivity index (χ3n) is 13.0. The summed E-state index contributed by atoms with van der Waals surface area (Å²) in [7, 11) is 0. The number of nitrogen functional groups attached to an aromatic ring is 3. The Kier molecular flexibility index (Phi) is 21.9. The van der Waals surface area contributed by atoms with Crippen LogP contribution in [0.5, 0.6) is 0 Å². The highest BCUT2D eigenvalue weighted by molar-refractivity contribution is 6.49. The molecule has 89 heavy (non-hydrogen) atoms. The van der Waals surface area contributed by atoms with E-state index in [-0.39, 0.29) is 5.78 Å². The second-order valence-corrected chi connectivity index (χ2v) is 21.8. The SMILES string of the molecule is Clc1ccc(-c2nc3cnn(-c4ccccc4)c3nc2-c2ccc(Cl)cc2)cc1.Nc1ccnn1-c1ccccc1.Nc1cnn(-c2ccccc2)c1N.O=C(C(=O)c1ccc(Cl)cc1)c1ccc(Cl)cc1.O=C(Cc1ccc(Cl)cc1)c1ccc(Cl)cc1. The molecule has 13 aromatic rings. The molecule has 0 fully saturated rings. The molecule has 0 atom stereocenters. The molecule has 0 aliphatic rings. The zero-order valence-corrected chi connectivity index (χ0v) is 51.4. The van der Waals surface area contributed by atoms with E-state index in [1.807, 2.05) is 152 Å². The lowest BCUT2D eigenvalue weighted by Crippen LogP contribution is -2.14. The smallest absolute Gasteiger partial charge is 0.233 e. The molecule has 0 saturated carbocycles. The molecule has 13 rings (SSSR count). The highest BCUT2D eigenvalue weighted by Crippen LogP contribution is 2.33. The molecule has 0 radical (unpaired) electrons. The molecule has 0 aliphatic heterocycles. The number of carbonyl (C=O) groups is 3. The Morgan fingerprint density at radius 3 is 1.15 bits per heavy atom. The van der Waals surface area contributed by atoms with E-state index in [0.717, 1.165) is 50.7 Å². The second-order valence-electron chi connectivity index (χ2n) is 19.2. The number of carbonyl (C=O) groups excluding carboxylic acids is 3. The number of benzene rings is 9. The number of anilines is 3. The van der Waals surface area contributed by atoms with Gasteiger partial charge in [0, 0.05) is 70.4 Å². The van der Waals surface area contributed by atoms with Crippen molar-refractivity contribution in [1.29, 1.82) is 0 Å². The van der Waals surface area contributed by atoms with E-state index in [0.29, 0.717) is 76.2 Å². The minimum atomic E-state index is -0.561. The number of ketones is 3. The van der Waals surface area contributed by atoms with Crippen molar-refractivity contribution in [2.24, 2.45) is 0 Å². The second kappa shape index (κ2) is 30.6. The zero-order valence-electron chi connectivity index (χ0n) is 46.8. The van der Waals surface area contributed by atoms with E-state index in [9.17, 15) is 14.4 Å². The minimum absolute atomic E-state index is 0.0731. The van der Waals surface area contributed by atoms with Gasteiger partial charge < -0.3 is 17.2 Å². The van der Waals surface area contributed by atoms with Crippen LogP contribution in [-0.2, 0) is 6.42 Å². The number of rotatable bonds is 11. The first-order valence-electron chi connectivity index (χ1n) is 27.0. The summed E-state index contributed by atoms with van der Waals surface area (Å²) >= 11 is 35.2. The molecule has 442 valence electrons. The van der Waals surface area contributed by atoms with Gasteiger partial charge >= 0.3 is 0 Å². The lowest BCUT2D eigenvalue weighted by molar-refractivity contribution is 0.0817. The van der Waals surface area contributed by atoms with E-state index in [1.54, 1.807) is 99.4 Å². The third kappa shape index (κ3) is 17.2. The van der Waals surface area contributed by atoms with Crippen LogP contribution < -0.4 is 17.2 Å². The Bertz CT molecular complexity index is 4400. The molecule has 0 saturated heterocycles. The number of hydrogen-bond acceptors (Lipinski definition) is 11. The van der Waals surface area contributed by atoms with E-state index in [4.69, 9.17) is 96.8 Å². The van der Waals surface area contributed by atoms with Crippen LogP contribution in [-0.4, -0.2) is 56.7 Å². The number of hydrogen-bond donors (Lipinski definition) is 3. The van der Waals surface area contributed by atoms with Gasteiger partial charge in [-0.2, -0.15) is 15.3 Å². The van der Waals surface area contributed by atoms with Gasteiger partial charge in [-0.3, -0.25) is 14.4 Å². The molecule has 6 N–H and O–H groups in total. The van der Waals surface area contributed by atoms with Crippen molar-refractivity contribution in [2.45, 2.75) is 6.42 Å². The zero-order chi connectivity index (χ0) is 62.8. The number of halogens is 6. The van der Waals surface area contributed by atoms with Gasteiger partial charge in [-0.15, -0.1) is 0 Å². The highest BCUT2D eigenvalue weighted by atomic mass is 35.5. The quantitative estimate of drug-likeness (QED) is 0.0819. The Labute approximate surface area is 542 Å². The molecular weight excluding hydrogens is 1240 g/mol. The summed E-state index contributed by atoms with van der Waals surface area (Å²) in [5.74, 6) is 0.0827. The number of fused-ring (bicyclic) bond motifs is 1. The van der Waals surface area contributed by atoms with Crippen LogP contribution in [0.1, 0.15) is 36.6 Å². The van der Waals surface area contributed by atoms with Crippen molar-refractivity contribution in [3.8, 4) is 39.6 Å². The van der Waals surface area contributed by atoms with Crippen LogP contribution in [0, 0.1) is 0 Å². The lowest BCUT2D eigenvalue weighted by atomic mass is 10.0. The number of nitrogens with zero attached hydrogens (tertiary/aromatic N) is 8. The van der Waals surface area contributed by atoms with Gasteiger partial charge in [0.05, 0.1) is 52.7 Å². The monoisotopic (exact) mass is 1290 g/mol. The lowest BCUT2D eigenvalue weighted by Gasteiger charge is -2.10. The van der Waals surface area contributed by atoms with Crippen LogP contribution in [0.2, 0.25) is 30.1 Å². The van der Waals surface area contributed by atoms with Crippen molar-refractivity contribution in [3.63, 3.8) is 0 Å². The van der Waals surface area contributed by atoms with Crippen LogP contribution in [0.4, 0.5) is 17.3 Å². The predicted molar refractivity (Wildman–Crippen MR) is 360 cm³/mol. The number of nitrogens with two attached hydrogens (primary N) is 3. The van der Waals surface area contributed by atoms with Crippen molar-refractivity contribution in [1.82, 2.24) is 39.3 Å². The number of aromatic nitrogens is 8. The topological polar surface area (TPSA) is 209 Å². The standard InChI is InChI=1S/C23H14Cl2N4.C14H8Cl2O2.C14H10Cl2O.C9H10N4.C9H9N3/c24-17-10-6-15(7-11-17)21-22(16-8-12-18(25)13-9-16)28-23-20(27-21)14-26-29(23)19-4-2-1-3-5-19;15-11-5-1-9(2-6-11)13(17)14(18)10-3-7-12(16)8-4-10;15-12-5-1-10(2-6-12)9-14(17)11-3-7-13(16)8-4-11;10-8-6-12-13(9(8)11)7-4-2-1-3-5-7;10-9-6-7-11-12(9)8-4-2-1-3-5-8/h1-14H;1-8H;1-8H,9H2;1-6H,10-11H2;1-7H,10H2. The maximum absolute atomic E-state index is 11.9. The molecule has 0 unspecified atom stereocenters. The maximum Gasteiger partial charge on any atom is 0.233 e. The van der Waals surface area contributed by atoms with E-state index >= 15 is 0 Å². The van der Waals surface area contributed by atoms with E-state index in [1.165, 1.54) is 24.3 Å². The van der Waals surface area contributed by atoms with Crippen molar-refractivity contribution >= 4 is 115 Å². The Hall–Kier alpha value is -9.90. The Balaban J connectivity index is 0.000000138. The van der Waals surface area contributed by atoms with Crippen LogP contribution in [0.25, 0.3) is 50.7 Å². The molecular formula is C69H51Cl6N11O3. The summed E-state index contributed by atoms with van der Waals surface area (Å²) in [5, 5.41) is 16.3. The van der Waals surface area contributed by atoms with Gasteiger partial charge in [-0.1, -0.05) is 161 Å². The number of para-hydroxylation sites is 3. The molecule has 0 bridgehead atoms. The molecule has 4 heterocycles. The normalized spacial score (nSPS) is 10.4. The summed E-state index contributed by atoms with van der Waals surface area (Å²) in [4.78, 5) is 45.6. The average Bonchev–Trinajstić information content (AvgIpc) is 1.94. The van der Waals surface area contributed by atoms with Crippen LogP contribution in [0.3, 0.4) is 0 Å². The first-order chi connectivity index (χ1) is 43.1. The van der Waals surface area contributed by atoms with Gasteiger partial charge in [-0.05, 0) is 151 Å². The largest absolute Gasteiger partial charge is 0.394 e. The fourth-order valence-electron chi connectivity index (χ4n) is 8.46. The van der Waals surface area contributed by atoms with Crippen LogP contribution in [0.15, 0.2) is 261 Å². The van der Waals surface area contributed by atoms with Gasteiger partial charge in [0.1, 0.15) is 17.2 Å². The van der Waals surface area contributed by atoms with Crippen LogP contribution >= 0.6 is 69.6 Å². The fourth-order valence-corrected chi connectivity index (χ4v) is 9.22. The summed E-state index contributed by atoms with van der Waals surface area (Å²) in [6.07, 6.45) is 5.34. The Morgan fingerprint density at radius 1 is 0.371 bits per heavy atom. The number of Topliss-reactive ketones (excluding diaryl/α,β-unsaturated/α-hetero) is 3. The molecule has 0 spiro atoms. The first-order valence-corrected chi connectivity index (χ1v) is 29.3. The van der Waals surface area contributed by atoms with Crippen molar-refractivity contribution in [2.75, 3.05) is 17.2 Å². The van der Waals surface area contributed by atoms with Gasteiger partial charge in [0.2, 0.25) is 11.6 Å². The Morgan fingerprint density at radius 2 is 0.742 bits per heavy atom. The van der Waals surface area contributed by atoms with Crippen molar-refractivity contribution in [3.05, 3.63) is 314 Å². The molecule has 4 aromatic heterocycles. The first kappa shape index (κ1) is 63.6. The van der Waals surface area contributed by atoms with Gasteiger partial charge in [-0.25, -0.2) is 24.0 Å². The molecule has 14 nitrogen and oxygen atoms in total. The molecule has 0 amide bonds.